The predicted octanol–water partition coefficient (Wildman–Crippen LogP) is 2.80. The molecule has 0 radical (unpaired) electrons. The SMILES string of the molecule is C[C@]12CCC[C@H](CC(=O)C1)N2C(=O)c1ccccc1. The average Bonchev–Trinajstić information content (AvgIpc) is 2.37. The molecule has 2 saturated heterocycles. The Hall–Kier alpha value is -1.64. The van der Waals surface area contributed by atoms with Gasteiger partial charge in [-0.2, -0.15) is 0 Å². The van der Waals surface area contributed by atoms with Gasteiger partial charge >= 0.3 is 0 Å². The number of fused-ring (bicyclic) bond motifs is 2. The summed E-state index contributed by atoms with van der Waals surface area (Å²) in [4.78, 5) is 26.6. The predicted molar refractivity (Wildman–Crippen MR) is 72.9 cm³/mol. The Morgan fingerprint density at radius 3 is 2.74 bits per heavy atom. The maximum atomic E-state index is 12.7. The van der Waals surface area contributed by atoms with Crippen molar-refractivity contribution in [2.45, 2.75) is 50.6 Å². The summed E-state index contributed by atoms with van der Waals surface area (Å²) in [5, 5.41) is 0. The Bertz CT molecular complexity index is 511. The number of hydrogen-bond donors (Lipinski definition) is 0. The van der Waals surface area contributed by atoms with Crippen LogP contribution in [0.15, 0.2) is 30.3 Å². The highest BCUT2D eigenvalue weighted by Gasteiger charge is 2.48. The van der Waals surface area contributed by atoms with Crippen LogP contribution < -0.4 is 0 Å². The van der Waals surface area contributed by atoms with E-state index in [1.165, 1.54) is 0 Å². The van der Waals surface area contributed by atoms with E-state index in [1.54, 1.807) is 0 Å². The van der Waals surface area contributed by atoms with E-state index >= 15 is 0 Å². The minimum Gasteiger partial charge on any atom is -0.329 e. The summed E-state index contributed by atoms with van der Waals surface area (Å²) in [6.07, 6.45) is 4.07. The molecule has 1 aromatic carbocycles. The van der Waals surface area contributed by atoms with E-state index in [0.29, 0.717) is 18.6 Å². The Labute approximate surface area is 113 Å². The number of piperidine rings is 2. The number of nitrogens with zero attached hydrogens (tertiary/aromatic N) is 1. The fourth-order valence-electron chi connectivity index (χ4n) is 3.67. The van der Waals surface area contributed by atoms with Crippen molar-refractivity contribution in [1.82, 2.24) is 4.90 Å². The molecule has 0 N–H and O–H groups in total. The molecule has 3 heteroatoms. The van der Waals surface area contributed by atoms with Crippen LogP contribution in [0.4, 0.5) is 0 Å². The zero-order valence-corrected chi connectivity index (χ0v) is 11.3. The fraction of sp³-hybridized carbons (Fsp3) is 0.500. The molecule has 1 aromatic rings. The van der Waals surface area contributed by atoms with E-state index in [4.69, 9.17) is 0 Å². The molecule has 100 valence electrons. The number of Topliss-reactive ketones (excluding diaryl/α,β-unsaturated/α-hetero) is 1. The molecule has 0 aliphatic carbocycles. The van der Waals surface area contributed by atoms with E-state index in [0.717, 1.165) is 24.8 Å². The molecule has 2 bridgehead atoms. The van der Waals surface area contributed by atoms with Crippen molar-refractivity contribution >= 4 is 11.7 Å². The van der Waals surface area contributed by atoms with Crippen molar-refractivity contribution in [2.75, 3.05) is 0 Å². The van der Waals surface area contributed by atoms with E-state index in [-0.39, 0.29) is 17.5 Å². The molecule has 3 nitrogen and oxygen atoms in total. The Kier molecular flexibility index (Phi) is 2.92. The lowest BCUT2D eigenvalue weighted by Gasteiger charge is -2.52. The van der Waals surface area contributed by atoms with Gasteiger partial charge in [0.25, 0.3) is 5.91 Å². The van der Waals surface area contributed by atoms with Gasteiger partial charge in [-0.15, -0.1) is 0 Å². The second kappa shape index (κ2) is 4.48. The number of hydrogen-bond acceptors (Lipinski definition) is 2. The molecule has 0 unspecified atom stereocenters. The molecule has 0 aromatic heterocycles. The van der Waals surface area contributed by atoms with Gasteiger partial charge in [0.15, 0.2) is 0 Å². The van der Waals surface area contributed by atoms with E-state index in [1.807, 2.05) is 35.2 Å². The first-order chi connectivity index (χ1) is 9.10. The van der Waals surface area contributed by atoms with Crippen LogP contribution in [-0.4, -0.2) is 28.2 Å². The summed E-state index contributed by atoms with van der Waals surface area (Å²) in [5.41, 5.74) is 0.459. The zero-order chi connectivity index (χ0) is 13.5. The van der Waals surface area contributed by atoms with Crippen LogP contribution in [0.25, 0.3) is 0 Å². The summed E-state index contributed by atoms with van der Waals surface area (Å²) in [5.74, 6) is 0.393. The zero-order valence-electron chi connectivity index (χ0n) is 11.3. The van der Waals surface area contributed by atoms with E-state index in [9.17, 15) is 9.59 Å². The second-order valence-corrected chi connectivity index (χ2v) is 6.00. The van der Waals surface area contributed by atoms with Gasteiger partial charge in [-0.1, -0.05) is 18.2 Å². The normalized spacial score (nSPS) is 30.3. The first kappa shape index (κ1) is 12.4. The Morgan fingerprint density at radius 1 is 1.32 bits per heavy atom. The third-order valence-electron chi connectivity index (χ3n) is 4.48. The van der Waals surface area contributed by atoms with Crippen molar-refractivity contribution in [2.24, 2.45) is 0 Å². The van der Waals surface area contributed by atoms with Crippen LogP contribution in [0.3, 0.4) is 0 Å². The van der Waals surface area contributed by atoms with Gasteiger partial charge in [-0.25, -0.2) is 0 Å². The number of carbonyl (C=O) groups excluding carboxylic acids is 2. The van der Waals surface area contributed by atoms with Gasteiger partial charge in [0.2, 0.25) is 0 Å². The lowest BCUT2D eigenvalue weighted by Crippen LogP contribution is -2.61. The number of carbonyl (C=O) groups is 2. The molecule has 3 rings (SSSR count). The summed E-state index contributed by atoms with van der Waals surface area (Å²) in [7, 11) is 0. The van der Waals surface area contributed by atoms with Crippen LogP contribution in [0, 0.1) is 0 Å². The molecule has 1 amide bonds. The molecule has 2 aliphatic heterocycles. The summed E-state index contributed by atoms with van der Waals surface area (Å²) in [6.45, 7) is 2.07. The van der Waals surface area contributed by atoms with Crippen molar-refractivity contribution in [3.8, 4) is 0 Å². The lowest BCUT2D eigenvalue weighted by atomic mass is 9.74. The van der Waals surface area contributed by atoms with Crippen molar-refractivity contribution in [1.29, 1.82) is 0 Å². The standard InChI is InChI=1S/C16H19NO2/c1-16-9-5-8-13(10-14(18)11-16)17(16)15(19)12-6-3-2-4-7-12/h2-4,6-7,13H,5,8-11H2,1H3/t13-,16+/m1/s1. The summed E-state index contributed by atoms with van der Waals surface area (Å²) in [6, 6.07) is 9.52. The summed E-state index contributed by atoms with van der Waals surface area (Å²) < 4.78 is 0. The molecule has 2 atom stereocenters. The fourth-order valence-corrected chi connectivity index (χ4v) is 3.67. The monoisotopic (exact) mass is 257 g/mol. The highest BCUT2D eigenvalue weighted by molar-refractivity contribution is 5.96. The van der Waals surface area contributed by atoms with Crippen LogP contribution >= 0.6 is 0 Å². The maximum absolute atomic E-state index is 12.7. The largest absolute Gasteiger partial charge is 0.329 e. The number of benzene rings is 1. The Balaban J connectivity index is 1.95. The Morgan fingerprint density at radius 2 is 2.05 bits per heavy atom. The van der Waals surface area contributed by atoms with Crippen molar-refractivity contribution in [3.05, 3.63) is 35.9 Å². The van der Waals surface area contributed by atoms with Gasteiger partial charge in [-0.3, -0.25) is 9.59 Å². The first-order valence-electron chi connectivity index (χ1n) is 7.01. The molecule has 2 heterocycles. The highest BCUT2D eigenvalue weighted by atomic mass is 16.2. The van der Waals surface area contributed by atoms with Crippen LogP contribution in [0.1, 0.15) is 49.4 Å². The van der Waals surface area contributed by atoms with Gasteiger partial charge in [-0.05, 0) is 38.3 Å². The van der Waals surface area contributed by atoms with Crippen molar-refractivity contribution in [3.63, 3.8) is 0 Å². The molecule has 19 heavy (non-hydrogen) atoms. The average molecular weight is 257 g/mol. The molecular weight excluding hydrogens is 238 g/mol. The maximum Gasteiger partial charge on any atom is 0.254 e. The van der Waals surface area contributed by atoms with Crippen molar-refractivity contribution < 1.29 is 9.59 Å². The number of rotatable bonds is 1. The smallest absolute Gasteiger partial charge is 0.254 e. The minimum atomic E-state index is -0.273. The van der Waals surface area contributed by atoms with Gasteiger partial charge in [0.05, 0.1) is 0 Å². The molecule has 2 fully saturated rings. The van der Waals surface area contributed by atoms with Crippen LogP contribution in [0.5, 0.6) is 0 Å². The third kappa shape index (κ3) is 2.07. The first-order valence-corrected chi connectivity index (χ1v) is 7.01. The number of ketones is 1. The minimum absolute atomic E-state index is 0.0836. The quantitative estimate of drug-likeness (QED) is 0.775. The third-order valence-corrected chi connectivity index (χ3v) is 4.48. The molecular formula is C16H19NO2. The van der Waals surface area contributed by atoms with E-state index < -0.39 is 0 Å². The molecule has 0 spiro atoms. The topological polar surface area (TPSA) is 37.4 Å². The van der Waals surface area contributed by atoms with Crippen LogP contribution in [-0.2, 0) is 4.79 Å². The van der Waals surface area contributed by atoms with Gasteiger partial charge in [0.1, 0.15) is 5.78 Å². The number of amides is 1. The second-order valence-electron chi connectivity index (χ2n) is 6.00. The summed E-state index contributed by atoms with van der Waals surface area (Å²) >= 11 is 0. The van der Waals surface area contributed by atoms with E-state index in [2.05, 4.69) is 6.92 Å². The molecule has 0 saturated carbocycles. The highest BCUT2D eigenvalue weighted by Crippen LogP contribution is 2.41. The lowest BCUT2D eigenvalue weighted by molar-refractivity contribution is -0.129. The van der Waals surface area contributed by atoms with Crippen LogP contribution in [0.2, 0.25) is 0 Å². The van der Waals surface area contributed by atoms with Gasteiger partial charge < -0.3 is 4.90 Å². The molecule has 2 aliphatic rings. The van der Waals surface area contributed by atoms with Gasteiger partial charge in [0, 0.05) is 30.0 Å².